The molecule has 3 aromatic carbocycles. The Labute approximate surface area is 217 Å². The van der Waals surface area contributed by atoms with Gasteiger partial charge in [0, 0.05) is 19.0 Å². The number of carboxylic acids is 1. The van der Waals surface area contributed by atoms with Crippen molar-refractivity contribution in [1.82, 2.24) is 9.80 Å². The lowest BCUT2D eigenvalue weighted by atomic mass is 9.88. The van der Waals surface area contributed by atoms with Crippen molar-refractivity contribution in [2.75, 3.05) is 6.54 Å². The molecule has 6 nitrogen and oxygen atoms in total. The van der Waals surface area contributed by atoms with Gasteiger partial charge in [0.25, 0.3) is 0 Å². The van der Waals surface area contributed by atoms with Gasteiger partial charge in [-0.15, -0.1) is 0 Å². The molecule has 0 aliphatic carbocycles. The van der Waals surface area contributed by atoms with Gasteiger partial charge in [-0.05, 0) is 35.4 Å². The molecule has 2 heterocycles. The summed E-state index contributed by atoms with van der Waals surface area (Å²) in [6.45, 7) is 2.25. The maximum atomic E-state index is 14.1. The molecule has 2 unspecified atom stereocenters. The molecule has 37 heavy (non-hydrogen) atoms. The molecule has 0 spiro atoms. The summed E-state index contributed by atoms with van der Waals surface area (Å²) in [6.07, 6.45) is 1.59. The molecule has 2 aliphatic rings. The summed E-state index contributed by atoms with van der Waals surface area (Å²) in [4.78, 5) is 43.6. The number of fused-ring (bicyclic) bond motifs is 2. The van der Waals surface area contributed by atoms with E-state index in [1.165, 1.54) is 4.90 Å². The van der Waals surface area contributed by atoms with Crippen molar-refractivity contribution in [1.29, 1.82) is 0 Å². The number of rotatable bonds is 7. The zero-order valence-corrected chi connectivity index (χ0v) is 20.9. The lowest BCUT2D eigenvalue weighted by Gasteiger charge is -2.46. The largest absolute Gasteiger partial charge is 0.480 e. The van der Waals surface area contributed by atoms with Crippen LogP contribution in [0.15, 0.2) is 91.0 Å². The molecule has 0 aromatic heterocycles. The lowest BCUT2D eigenvalue weighted by molar-refractivity contribution is -0.161. The molecule has 4 atom stereocenters. The highest BCUT2D eigenvalue weighted by molar-refractivity contribution is 5.92. The van der Waals surface area contributed by atoms with Crippen molar-refractivity contribution in [3.8, 4) is 0 Å². The summed E-state index contributed by atoms with van der Waals surface area (Å²) >= 11 is 0. The van der Waals surface area contributed by atoms with Gasteiger partial charge in [-0.3, -0.25) is 9.59 Å². The average molecular weight is 497 g/mol. The number of carboxylic acid groups (broad SMARTS) is 1. The number of amides is 2. The van der Waals surface area contributed by atoms with Crippen molar-refractivity contribution >= 4 is 17.8 Å². The van der Waals surface area contributed by atoms with E-state index < -0.39 is 24.0 Å². The van der Waals surface area contributed by atoms with E-state index in [9.17, 15) is 19.5 Å². The SMILES string of the molecule is CC(CC(=O)N1C2CC[C@@H]1[C@@H](C(=O)O)N(C(=O)C(c1ccccc1)c1ccccc1)C2)c1ccccc1. The Morgan fingerprint density at radius 2 is 1.32 bits per heavy atom. The molecule has 190 valence electrons. The highest BCUT2D eigenvalue weighted by Gasteiger charge is 2.53. The van der Waals surface area contributed by atoms with Crippen molar-refractivity contribution in [3.05, 3.63) is 108 Å². The number of likely N-dealkylation sites (tertiary alicyclic amines) is 1. The Bertz CT molecular complexity index is 1210. The van der Waals surface area contributed by atoms with Crippen LogP contribution in [0.2, 0.25) is 0 Å². The van der Waals surface area contributed by atoms with Gasteiger partial charge >= 0.3 is 5.97 Å². The molecule has 5 rings (SSSR count). The van der Waals surface area contributed by atoms with E-state index >= 15 is 0 Å². The van der Waals surface area contributed by atoms with Crippen molar-refractivity contribution in [2.45, 2.75) is 56.1 Å². The summed E-state index contributed by atoms with van der Waals surface area (Å²) in [7, 11) is 0. The standard InChI is InChI=1S/C31H32N2O4/c1-21(22-11-5-2-6-12-22)19-27(34)33-25-17-18-26(33)29(31(36)37)32(20-25)30(35)28(23-13-7-3-8-14-23)24-15-9-4-10-16-24/h2-16,21,25-26,28-29H,17-20H2,1H3,(H,36,37)/t21?,25?,26-,29+/m1/s1. The second-order valence-corrected chi connectivity index (χ2v) is 10.1. The van der Waals surface area contributed by atoms with Gasteiger partial charge in [-0.2, -0.15) is 0 Å². The Hall–Kier alpha value is -3.93. The second-order valence-electron chi connectivity index (χ2n) is 10.1. The van der Waals surface area contributed by atoms with Gasteiger partial charge in [0.15, 0.2) is 0 Å². The highest BCUT2D eigenvalue weighted by Crippen LogP contribution is 2.38. The molecule has 2 aliphatic heterocycles. The fourth-order valence-corrected chi connectivity index (χ4v) is 6.06. The molecular formula is C31H32N2O4. The number of aliphatic carboxylic acids is 1. The van der Waals surface area contributed by atoms with E-state index in [2.05, 4.69) is 0 Å². The molecule has 6 heteroatoms. The number of hydrogen-bond acceptors (Lipinski definition) is 3. The quantitative estimate of drug-likeness (QED) is 0.516. The second kappa shape index (κ2) is 10.6. The van der Waals surface area contributed by atoms with Gasteiger partial charge in [0.2, 0.25) is 11.8 Å². The van der Waals surface area contributed by atoms with Crippen molar-refractivity contribution in [3.63, 3.8) is 0 Å². The average Bonchev–Trinajstić information content (AvgIpc) is 3.23. The van der Waals surface area contributed by atoms with Crippen LogP contribution in [-0.2, 0) is 14.4 Å². The first-order valence-corrected chi connectivity index (χ1v) is 12.9. The predicted molar refractivity (Wildman–Crippen MR) is 141 cm³/mol. The number of piperazine rings is 1. The van der Waals surface area contributed by atoms with Crippen LogP contribution in [0, 0.1) is 0 Å². The molecular weight excluding hydrogens is 464 g/mol. The Morgan fingerprint density at radius 3 is 1.84 bits per heavy atom. The van der Waals surface area contributed by atoms with Gasteiger partial charge in [0.1, 0.15) is 6.04 Å². The van der Waals surface area contributed by atoms with Crippen LogP contribution >= 0.6 is 0 Å². The molecule has 2 bridgehead atoms. The first kappa shape index (κ1) is 24.8. The molecule has 2 amide bonds. The van der Waals surface area contributed by atoms with Crippen LogP contribution in [0.1, 0.15) is 54.7 Å². The Balaban J connectivity index is 1.42. The number of hydrogen-bond donors (Lipinski definition) is 1. The Kier molecular flexibility index (Phi) is 7.08. The van der Waals surface area contributed by atoms with Crippen molar-refractivity contribution < 1.29 is 19.5 Å². The topological polar surface area (TPSA) is 77.9 Å². The van der Waals surface area contributed by atoms with Gasteiger partial charge in [-0.25, -0.2) is 4.79 Å². The third-order valence-corrected chi connectivity index (χ3v) is 7.84. The van der Waals surface area contributed by atoms with Crippen LogP contribution in [0.4, 0.5) is 0 Å². The smallest absolute Gasteiger partial charge is 0.328 e. The van der Waals surface area contributed by atoms with Crippen LogP contribution < -0.4 is 0 Å². The van der Waals surface area contributed by atoms with E-state index in [1.807, 2.05) is 97.9 Å². The molecule has 0 radical (unpaired) electrons. The zero-order chi connectivity index (χ0) is 25.9. The summed E-state index contributed by atoms with van der Waals surface area (Å²) < 4.78 is 0. The third kappa shape index (κ3) is 4.88. The summed E-state index contributed by atoms with van der Waals surface area (Å²) in [5, 5.41) is 10.3. The maximum absolute atomic E-state index is 14.1. The van der Waals surface area contributed by atoms with Gasteiger partial charge in [0.05, 0.1) is 12.0 Å². The van der Waals surface area contributed by atoms with Gasteiger partial charge < -0.3 is 14.9 Å². The van der Waals surface area contributed by atoms with Crippen molar-refractivity contribution in [2.24, 2.45) is 0 Å². The fourth-order valence-electron chi connectivity index (χ4n) is 6.06. The minimum atomic E-state index is -1.07. The van der Waals surface area contributed by atoms with Crippen LogP contribution in [-0.4, -0.2) is 57.4 Å². The Morgan fingerprint density at radius 1 is 0.811 bits per heavy atom. The number of carbonyl (C=O) groups excluding carboxylic acids is 2. The van der Waals surface area contributed by atoms with Crippen LogP contribution in [0.5, 0.6) is 0 Å². The summed E-state index contributed by atoms with van der Waals surface area (Å²) in [6, 6.07) is 27.1. The normalized spacial score (nSPS) is 21.6. The predicted octanol–water partition coefficient (Wildman–Crippen LogP) is 4.67. The van der Waals surface area contributed by atoms with E-state index in [-0.39, 0.29) is 30.3 Å². The van der Waals surface area contributed by atoms with E-state index in [1.54, 1.807) is 4.90 Å². The molecule has 0 saturated carbocycles. The first-order valence-electron chi connectivity index (χ1n) is 12.9. The highest BCUT2D eigenvalue weighted by atomic mass is 16.4. The minimum Gasteiger partial charge on any atom is -0.480 e. The van der Waals surface area contributed by atoms with E-state index in [0.29, 0.717) is 19.3 Å². The molecule has 3 aromatic rings. The van der Waals surface area contributed by atoms with Crippen LogP contribution in [0.25, 0.3) is 0 Å². The molecule has 2 fully saturated rings. The van der Waals surface area contributed by atoms with Crippen LogP contribution in [0.3, 0.4) is 0 Å². The first-order chi connectivity index (χ1) is 18.0. The monoisotopic (exact) mass is 496 g/mol. The summed E-state index contributed by atoms with van der Waals surface area (Å²) in [5.74, 6) is -1.91. The van der Waals surface area contributed by atoms with E-state index in [0.717, 1.165) is 16.7 Å². The lowest BCUT2D eigenvalue weighted by Crippen LogP contribution is -2.65. The minimum absolute atomic E-state index is 0.0246. The number of carbonyl (C=O) groups is 3. The fraction of sp³-hybridized carbons (Fsp3) is 0.323. The summed E-state index contributed by atoms with van der Waals surface area (Å²) in [5.41, 5.74) is 2.73. The van der Waals surface area contributed by atoms with Gasteiger partial charge in [-0.1, -0.05) is 97.9 Å². The maximum Gasteiger partial charge on any atom is 0.328 e. The van der Waals surface area contributed by atoms with E-state index in [4.69, 9.17) is 0 Å². The molecule has 1 N–H and O–H groups in total. The third-order valence-electron chi connectivity index (χ3n) is 7.84. The molecule has 2 saturated heterocycles. The number of benzene rings is 3. The zero-order valence-electron chi connectivity index (χ0n) is 20.9. The number of nitrogens with zero attached hydrogens (tertiary/aromatic N) is 2.